The highest BCUT2D eigenvalue weighted by atomic mass is 127. The molecular formula is C8H12BIO2. The van der Waals surface area contributed by atoms with Gasteiger partial charge >= 0.3 is 4.97 Å². The number of hydrogen-bond donors (Lipinski definition) is 0. The molecule has 66 valence electrons. The van der Waals surface area contributed by atoms with Crippen molar-refractivity contribution >= 4 is 27.3 Å². The van der Waals surface area contributed by atoms with E-state index in [4.69, 9.17) is 9.31 Å². The number of halogens is 1. The maximum absolute atomic E-state index is 5.88. The zero-order valence-electron chi connectivity index (χ0n) is 7.34. The summed E-state index contributed by atoms with van der Waals surface area (Å²) in [5.74, 6) is 0.686. The van der Waals surface area contributed by atoms with Gasteiger partial charge < -0.3 is 9.31 Å². The summed E-state index contributed by atoms with van der Waals surface area (Å²) in [4.78, 5) is -0.00262. The molecule has 3 rings (SSSR count). The van der Waals surface area contributed by atoms with Crippen LogP contribution in [0.15, 0.2) is 0 Å². The lowest BCUT2D eigenvalue weighted by atomic mass is 9.39. The van der Waals surface area contributed by atoms with E-state index in [0.717, 1.165) is 0 Å². The Morgan fingerprint density at radius 1 is 1.50 bits per heavy atom. The molecule has 1 saturated heterocycles. The monoisotopic (exact) mass is 278 g/mol. The molecule has 4 unspecified atom stereocenters. The van der Waals surface area contributed by atoms with Crippen LogP contribution in [0, 0.1) is 11.3 Å². The van der Waals surface area contributed by atoms with Crippen LogP contribution in [-0.2, 0) is 9.31 Å². The Balaban J connectivity index is 1.96. The molecule has 4 heteroatoms. The van der Waals surface area contributed by atoms with Crippen LogP contribution in [0.5, 0.6) is 0 Å². The second-order valence-corrected chi connectivity index (χ2v) is 5.56. The van der Waals surface area contributed by atoms with Crippen molar-refractivity contribution in [1.82, 2.24) is 0 Å². The molecule has 0 aromatic heterocycles. The summed E-state index contributed by atoms with van der Waals surface area (Å²) in [6.45, 7) is 4.63. The first-order valence-corrected chi connectivity index (χ1v) is 5.82. The zero-order valence-corrected chi connectivity index (χ0v) is 9.50. The lowest BCUT2D eigenvalue weighted by Crippen LogP contribution is -2.76. The minimum Gasteiger partial charge on any atom is -0.396 e. The van der Waals surface area contributed by atoms with Gasteiger partial charge in [-0.05, 0) is 18.8 Å². The molecule has 0 N–H and O–H groups in total. The average Bonchev–Trinajstić information content (AvgIpc) is 2.39. The van der Waals surface area contributed by atoms with Crippen molar-refractivity contribution < 1.29 is 9.31 Å². The van der Waals surface area contributed by atoms with Gasteiger partial charge in [-0.3, -0.25) is 0 Å². The summed E-state index contributed by atoms with van der Waals surface area (Å²) in [7, 11) is 0. The normalized spacial score (nSPS) is 61.8. The van der Waals surface area contributed by atoms with Gasteiger partial charge in [0.05, 0.1) is 11.7 Å². The Morgan fingerprint density at radius 3 is 2.75 bits per heavy atom. The van der Waals surface area contributed by atoms with Crippen LogP contribution in [-0.4, -0.2) is 16.7 Å². The Hall–Kier alpha value is 0.715. The van der Waals surface area contributed by atoms with Crippen molar-refractivity contribution in [2.24, 2.45) is 11.3 Å². The predicted octanol–water partition coefficient (Wildman–Crippen LogP) is 2.01. The third-order valence-corrected chi connectivity index (χ3v) is 5.01. The molecule has 0 amide bonds. The molecule has 0 aromatic carbocycles. The lowest BCUT2D eigenvalue weighted by Gasteiger charge is -2.71. The van der Waals surface area contributed by atoms with Gasteiger partial charge in [0.15, 0.2) is 0 Å². The topological polar surface area (TPSA) is 18.5 Å². The average molecular weight is 278 g/mol. The van der Waals surface area contributed by atoms with Crippen LogP contribution in [0.25, 0.3) is 0 Å². The third kappa shape index (κ3) is 0.581. The maximum Gasteiger partial charge on any atom is 0.533 e. The van der Waals surface area contributed by atoms with Gasteiger partial charge in [0.25, 0.3) is 0 Å². The summed E-state index contributed by atoms with van der Waals surface area (Å²) < 4.78 is 11.6. The van der Waals surface area contributed by atoms with E-state index in [-0.39, 0.29) is 10.6 Å². The van der Waals surface area contributed by atoms with Crippen LogP contribution in [0.3, 0.4) is 0 Å². The summed E-state index contributed by atoms with van der Waals surface area (Å²) in [5.41, 5.74) is 0.551. The molecule has 12 heavy (non-hydrogen) atoms. The largest absolute Gasteiger partial charge is 0.533 e. The zero-order chi connectivity index (χ0) is 8.56. The Kier molecular flexibility index (Phi) is 1.37. The maximum atomic E-state index is 5.88. The first-order chi connectivity index (χ1) is 5.60. The van der Waals surface area contributed by atoms with Crippen molar-refractivity contribution in [3.63, 3.8) is 0 Å². The van der Waals surface area contributed by atoms with E-state index < -0.39 is 0 Å². The van der Waals surface area contributed by atoms with Crippen LogP contribution >= 0.6 is 22.4 Å². The predicted molar refractivity (Wildman–Crippen MR) is 55.0 cm³/mol. The molecule has 2 saturated carbocycles. The third-order valence-electron chi connectivity index (χ3n) is 4.46. The molecule has 0 radical (unpaired) electrons. The highest BCUT2D eigenvalue weighted by Crippen LogP contribution is 2.72. The smallest absolute Gasteiger partial charge is 0.396 e. The van der Waals surface area contributed by atoms with Crippen molar-refractivity contribution in [2.45, 2.75) is 38.4 Å². The fourth-order valence-corrected chi connectivity index (χ4v) is 4.05. The van der Waals surface area contributed by atoms with E-state index in [0.29, 0.717) is 17.4 Å². The first kappa shape index (κ1) is 8.06. The second-order valence-electron chi connectivity index (χ2n) is 4.54. The van der Waals surface area contributed by atoms with Gasteiger partial charge in [-0.15, -0.1) is 0 Å². The van der Waals surface area contributed by atoms with Gasteiger partial charge in [-0.25, -0.2) is 0 Å². The van der Waals surface area contributed by atoms with Gasteiger partial charge in [-0.1, -0.05) is 36.2 Å². The summed E-state index contributed by atoms with van der Waals surface area (Å²) >= 11 is 2.23. The molecule has 0 aromatic rings. The summed E-state index contributed by atoms with van der Waals surface area (Å²) in [6.07, 6.45) is 2.91. The van der Waals surface area contributed by atoms with Gasteiger partial charge in [0.1, 0.15) is 0 Å². The van der Waals surface area contributed by atoms with Crippen molar-refractivity contribution in [3.05, 3.63) is 0 Å². The first-order valence-electron chi connectivity index (χ1n) is 4.57. The van der Waals surface area contributed by atoms with Crippen LogP contribution in [0.2, 0.25) is 0 Å². The van der Waals surface area contributed by atoms with E-state index in [1.807, 2.05) is 0 Å². The fourth-order valence-electron chi connectivity index (χ4n) is 3.28. The van der Waals surface area contributed by atoms with E-state index in [1.54, 1.807) is 0 Å². The summed E-state index contributed by atoms with van der Waals surface area (Å²) in [6, 6.07) is 0. The molecular weight excluding hydrogens is 266 g/mol. The van der Waals surface area contributed by atoms with Crippen LogP contribution in [0.4, 0.5) is 0 Å². The standard InChI is InChI=1S/C8H12BIO2/c1-5-6-8(12-9(10)11-6)4-3-7(5,8)2/h5-6H,3-4H2,1-2H3. The van der Waals surface area contributed by atoms with Crippen molar-refractivity contribution in [2.75, 3.05) is 0 Å². The molecule has 0 bridgehead atoms. The van der Waals surface area contributed by atoms with E-state index in [1.165, 1.54) is 12.8 Å². The number of hydrogen-bond acceptors (Lipinski definition) is 2. The molecule has 3 aliphatic rings. The van der Waals surface area contributed by atoms with E-state index >= 15 is 0 Å². The van der Waals surface area contributed by atoms with Crippen LogP contribution < -0.4 is 0 Å². The molecule has 3 fully saturated rings. The van der Waals surface area contributed by atoms with Crippen LogP contribution in [0.1, 0.15) is 26.7 Å². The Labute approximate surface area is 86.4 Å². The molecule has 1 spiro atoms. The van der Waals surface area contributed by atoms with Gasteiger partial charge in [0, 0.05) is 5.41 Å². The summed E-state index contributed by atoms with van der Waals surface area (Å²) in [5, 5.41) is 0. The quantitative estimate of drug-likeness (QED) is 0.498. The van der Waals surface area contributed by atoms with Gasteiger partial charge in [0.2, 0.25) is 0 Å². The minimum absolute atomic E-state index is 0.00262. The molecule has 4 atom stereocenters. The highest BCUT2D eigenvalue weighted by Gasteiger charge is 2.78. The Bertz CT molecular complexity index is 249. The van der Waals surface area contributed by atoms with Gasteiger partial charge in [-0.2, -0.15) is 0 Å². The number of rotatable bonds is 0. The SMILES string of the molecule is CC1C2OB(I)OC23CCC13C. The Morgan fingerprint density at radius 2 is 2.25 bits per heavy atom. The molecule has 1 aliphatic heterocycles. The molecule has 2 nitrogen and oxygen atoms in total. The fraction of sp³-hybridized carbons (Fsp3) is 1.00. The van der Waals surface area contributed by atoms with E-state index in [2.05, 4.69) is 36.2 Å². The van der Waals surface area contributed by atoms with Crippen molar-refractivity contribution in [1.29, 1.82) is 0 Å². The second kappa shape index (κ2) is 2.03. The van der Waals surface area contributed by atoms with E-state index in [9.17, 15) is 0 Å². The highest BCUT2D eigenvalue weighted by molar-refractivity contribution is 14.1. The lowest BCUT2D eigenvalue weighted by molar-refractivity contribution is -0.282. The molecule has 1 heterocycles. The minimum atomic E-state index is -0.00262. The van der Waals surface area contributed by atoms with Crippen molar-refractivity contribution in [3.8, 4) is 0 Å². The molecule has 2 aliphatic carbocycles.